The first-order valence-corrected chi connectivity index (χ1v) is 3.33. The van der Waals surface area contributed by atoms with Crippen LogP contribution in [0.25, 0.3) is 0 Å². The van der Waals surface area contributed by atoms with E-state index in [4.69, 9.17) is 5.11 Å². The first-order valence-electron chi connectivity index (χ1n) is 3.33. The number of halogens is 3. The molecule has 1 aromatic carbocycles. The van der Waals surface area contributed by atoms with Crippen molar-refractivity contribution in [2.75, 3.05) is 0 Å². The molecular weight excluding hydrogens is 185 g/mol. The van der Waals surface area contributed by atoms with Gasteiger partial charge in [0.1, 0.15) is 5.82 Å². The Hall–Kier alpha value is -1.52. The fraction of sp³-hybridized carbons (Fsp3) is 0.125. The second-order valence-corrected chi connectivity index (χ2v) is 2.34. The van der Waals surface area contributed by atoms with Crippen LogP contribution in [-0.2, 0) is 0 Å². The van der Waals surface area contributed by atoms with E-state index in [2.05, 4.69) is 0 Å². The highest BCUT2D eigenvalue weighted by molar-refractivity contribution is 5.89. The number of carbonyl (C=O) groups is 1. The van der Waals surface area contributed by atoms with Crippen LogP contribution >= 0.6 is 0 Å². The molecule has 2 nitrogen and oxygen atoms in total. The number of hydrogen-bond donors (Lipinski definition) is 1. The standard InChI is InChI=1S/C8H5F3O2/c9-4-1-2-5(7(10)11)6(3-4)8(12)13/h1-3,7H,(H,12,13). The topological polar surface area (TPSA) is 37.3 Å². The predicted octanol–water partition coefficient (Wildman–Crippen LogP) is 2.46. The molecule has 1 N–H and O–H groups in total. The van der Waals surface area contributed by atoms with E-state index in [0.717, 1.165) is 12.1 Å². The fourth-order valence-corrected chi connectivity index (χ4v) is 0.904. The smallest absolute Gasteiger partial charge is 0.336 e. The molecule has 0 heterocycles. The molecule has 0 radical (unpaired) electrons. The molecule has 0 aliphatic rings. The Morgan fingerprint density at radius 1 is 1.38 bits per heavy atom. The number of aromatic carboxylic acids is 1. The number of rotatable bonds is 2. The molecule has 0 saturated heterocycles. The summed E-state index contributed by atoms with van der Waals surface area (Å²) in [5.74, 6) is -2.41. The maximum absolute atomic E-state index is 12.5. The van der Waals surface area contributed by atoms with Gasteiger partial charge in [-0.3, -0.25) is 0 Å². The minimum absolute atomic E-state index is 0.573. The third-order valence-corrected chi connectivity index (χ3v) is 1.48. The van der Waals surface area contributed by atoms with Gasteiger partial charge in [-0.15, -0.1) is 0 Å². The second kappa shape index (κ2) is 3.47. The van der Waals surface area contributed by atoms with Crippen molar-refractivity contribution in [2.24, 2.45) is 0 Å². The third-order valence-electron chi connectivity index (χ3n) is 1.48. The van der Waals surface area contributed by atoms with Crippen molar-refractivity contribution in [1.29, 1.82) is 0 Å². The maximum Gasteiger partial charge on any atom is 0.336 e. The van der Waals surface area contributed by atoms with Crippen LogP contribution in [0.5, 0.6) is 0 Å². The van der Waals surface area contributed by atoms with Crippen LogP contribution in [0.3, 0.4) is 0 Å². The molecule has 0 atom stereocenters. The van der Waals surface area contributed by atoms with Crippen LogP contribution in [0.2, 0.25) is 0 Å². The first-order chi connectivity index (χ1) is 6.02. The van der Waals surface area contributed by atoms with Crippen LogP contribution in [0, 0.1) is 5.82 Å². The molecule has 0 aromatic heterocycles. The number of hydrogen-bond acceptors (Lipinski definition) is 1. The van der Waals surface area contributed by atoms with Crippen molar-refractivity contribution in [1.82, 2.24) is 0 Å². The quantitative estimate of drug-likeness (QED) is 0.777. The molecular formula is C8H5F3O2. The van der Waals surface area contributed by atoms with E-state index in [1.165, 1.54) is 0 Å². The Labute approximate surface area is 71.6 Å². The van der Waals surface area contributed by atoms with E-state index in [9.17, 15) is 18.0 Å². The zero-order valence-electron chi connectivity index (χ0n) is 6.30. The van der Waals surface area contributed by atoms with Gasteiger partial charge in [-0.25, -0.2) is 18.0 Å². The van der Waals surface area contributed by atoms with Gasteiger partial charge >= 0.3 is 5.97 Å². The highest BCUT2D eigenvalue weighted by atomic mass is 19.3. The molecule has 0 aliphatic carbocycles. The highest BCUT2D eigenvalue weighted by Gasteiger charge is 2.17. The molecule has 0 fully saturated rings. The van der Waals surface area contributed by atoms with Crippen molar-refractivity contribution >= 4 is 5.97 Å². The van der Waals surface area contributed by atoms with Crippen LogP contribution in [0.15, 0.2) is 18.2 Å². The summed E-state index contributed by atoms with van der Waals surface area (Å²) in [5, 5.41) is 8.44. The number of benzene rings is 1. The second-order valence-electron chi connectivity index (χ2n) is 2.34. The van der Waals surface area contributed by atoms with E-state index in [-0.39, 0.29) is 0 Å². The molecule has 0 amide bonds. The van der Waals surface area contributed by atoms with Crippen molar-refractivity contribution in [3.05, 3.63) is 35.1 Å². The summed E-state index contributed by atoms with van der Waals surface area (Å²) >= 11 is 0. The summed E-state index contributed by atoms with van der Waals surface area (Å²) in [5.41, 5.74) is -1.37. The van der Waals surface area contributed by atoms with Crippen LogP contribution in [0.1, 0.15) is 22.3 Å². The molecule has 0 spiro atoms. The molecule has 1 rings (SSSR count). The SMILES string of the molecule is O=C(O)c1cc(F)ccc1C(F)F. The minimum Gasteiger partial charge on any atom is -0.478 e. The normalized spacial score (nSPS) is 10.5. The summed E-state index contributed by atoms with van der Waals surface area (Å²) in [6, 6.07) is 2.14. The number of carboxylic acids is 1. The van der Waals surface area contributed by atoms with Gasteiger partial charge in [0.15, 0.2) is 0 Å². The van der Waals surface area contributed by atoms with Gasteiger partial charge in [-0.1, -0.05) is 0 Å². The molecule has 70 valence electrons. The summed E-state index contributed by atoms with van der Waals surface area (Å²) in [4.78, 5) is 10.4. The van der Waals surface area contributed by atoms with Gasteiger partial charge in [-0.2, -0.15) is 0 Å². The predicted molar refractivity (Wildman–Crippen MR) is 38.3 cm³/mol. The average molecular weight is 190 g/mol. The van der Waals surface area contributed by atoms with Gasteiger partial charge < -0.3 is 5.11 Å². The van der Waals surface area contributed by atoms with Crippen molar-refractivity contribution in [2.45, 2.75) is 6.43 Å². The maximum atomic E-state index is 12.5. The zero-order chi connectivity index (χ0) is 10.0. The van der Waals surface area contributed by atoms with E-state index < -0.39 is 29.3 Å². The largest absolute Gasteiger partial charge is 0.478 e. The van der Waals surface area contributed by atoms with Gasteiger partial charge in [0.25, 0.3) is 6.43 Å². The van der Waals surface area contributed by atoms with Crippen LogP contribution < -0.4 is 0 Å². The fourth-order valence-electron chi connectivity index (χ4n) is 0.904. The molecule has 0 aliphatic heterocycles. The van der Waals surface area contributed by atoms with E-state index >= 15 is 0 Å². The molecule has 1 aromatic rings. The Kier molecular flexibility index (Phi) is 2.55. The minimum atomic E-state index is -2.91. The van der Waals surface area contributed by atoms with Crippen molar-refractivity contribution < 1.29 is 23.1 Å². The van der Waals surface area contributed by atoms with Gasteiger partial charge in [0.2, 0.25) is 0 Å². The van der Waals surface area contributed by atoms with Gasteiger partial charge in [0, 0.05) is 5.56 Å². The number of alkyl halides is 2. The Balaban J connectivity index is 3.27. The lowest BCUT2D eigenvalue weighted by molar-refractivity contribution is 0.0684. The van der Waals surface area contributed by atoms with Crippen LogP contribution in [0.4, 0.5) is 13.2 Å². The lowest BCUT2D eigenvalue weighted by atomic mass is 10.1. The first kappa shape index (κ1) is 9.57. The van der Waals surface area contributed by atoms with Gasteiger partial charge in [-0.05, 0) is 18.2 Å². The summed E-state index contributed by atoms with van der Waals surface area (Å²) in [6.07, 6.45) is -2.91. The summed E-state index contributed by atoms with van der Waals surface area (Å²) < 4.78 is 36.7. The lowest BCUT2D eigenvalue weighted by Gasteiger charge is -2.03. The van der Waals surface area contributed by atoms with Crippen molar-refractivity contribution in [3.8, 4) is 0 Å². The van der Waals surface area contributed by atoms with Crippen LogP contribution in [-0.4, -0.2) is 11.1 Å². The lowest BCUT2D eigenvalue weighted by Crippen LogP contribution is -2.03. The molecule has 0 unspecified atom stereocenters. The third kappa shape index (κ3) is 1.99. The monoisotopic (exact) mass is 190 g/mol. The summed E-state index contributed by atoms with van der Waals surface area (Å²) in [7, 11) is 0. The van der Waals surface area contributed by atoms with E-state index in [1.807, 2.05) is 0 Å². The summed E-state index contributed by atoms with van der Waals surface area (Å²) in [6.45, 7) is 0. The Morgan fingerprint density at radius 3 is 2.46 bits per heavy atom. The zero-order valence-corrected chi connectivity index (χ0v) is 6.30. The van der Waals surface area contributed by atoms with Crippen molar-refractivity contribution in [3.63, 3.8) is 0 Å². The Bertz CT molecular complexity index is 336. The molecule has 13 heavy (non-hydrogen) atoms. The molecule has 5 heteroatoms. The van der Waals surface area contributed by atoms with E-state index in [1.54, 1.807) is 0 Å². The molecule has 0 bridgehead atoms. The number of carboxylic acid groups (broad SMARTS) is 1. The molecule has 0 saturated carbocycles. The Morgan fingerprint density at radius 2 is 2.00 bits per heavy atom. The van der Waals surface area contributed by atoms with Gasteiger partial charge in [0.05, 0.1) is 5.56 Å². The highest BCUT2D eigenvalue weighted by Crippen LogP contribution is 2.23. The average Bonchev–Trinajstić information content (AvgIpc) is 2.03. The van der Waals surface area contributed by atoms with E-state index in [0.29, 0.717) is 6.07 Å².